The third-order valence-electron chi connectivity index (χ3n) is 1.06. The van der Waals surface area contributed by atoms with Crippen LogP contribution >= 0.6 is 0 Å². The quantitative estimate of drug-likeness (QED) is 0.663. The van der Waals surface area contributed by atoms with Gasteiger partial charge in [-0.25, -0.2) is 9.98 Å². The van der Waals surface area contributed by atoms with Crippen molar-refractivity contribution in [3.63, 3.8) is 0 Å². The van der Waals surface area contributed by atoms with Gasteiger partial charge in [0.1, 0.15) is 12.5 Å². The molecule has 0 spiro atoms. The highest BCUT2D eigenvalue weighted by Gasteiger charge is 2.06. The van der Waals surface area contributed by atoms with E-state index in [0.717, 1.165) is 0 Å². The molecule has 2 atom stereocenters. The number of aliphatic hydroxyl groups is 2. The summed E-state index contributed by atoms with van der Waals surface area (Å²) in [6, 6.07) is 0. The fourth-order valence-electron chi connectivity index (χ4n) is 0.656. The summed E-state index contributed by atoms with van der Waals surface area (Å²) < 4.78 is 0. The van der Waals surface area contributed by atoms with E-state index in [2.05, 4.69) is 30.4 Å². The predicted molar refractivity (Wildman–Crippen MR) is 47.9 cm³/mol. The Morgan fingerprint density at radius 2 is 1.14 bits per heavy atom. The minimum atomic E-state index is -0.904. The monoisotopic (exact) mass is 198 g/mol. The van der Waals surface area contributed by atoms with Crippen LogP contribution in [0.4, 0.5) is 0 Å². The third-order valence-corrected chi connectivity index (χ3v) is 1.06. The number of nitrogens with zero attached hydrogens (tertiary/aromatic N) is 6. The molecule has 2 unspecified atom stereocenters. The maximum Gasteiger partial charge on any atom is 0.286 e. The summed E-state index contributed by atoms with van der Waals surface area (Å²) >= 11 is 0. The molecule has 0 aromatic heterocycles. The second-order valence-corrected chi connectivity index (χ2v) is 2.52. The van der Waals surface area contributed by atoms with E-state index < -0.39 is 12.5 Å². The first-order valence-electron chi connectivity index (χ1n) is 3.93. The van der Waals surface area contributed by atoms with Crippen molar-refractivity contribution in [3.05, 3.63) is 0 Å². The van der Waals surface area contributed by atoms with Gasteiger partial charge in [-0.2, -0.15) is 0 Å². The first-order chi connectivity index (χ1) is 6.58. The molecule has 1 aliphatic heterocycles. The van der Waals surface area contributed by atoms with Gasteiger partial charge in [-0.3, -0.25) is 0 Å². The number of rotatable bonds is 2. The van der Waals surface area contributed by atoms with Gasteiger partial charge >= 0.3 is 0 Å². The van der Waals surface area contributed by atoms with E-state index in [1.54, 1.807) is 0 Å². The molecule has 0 aromatic rings. The van der Waals surface area contributed by atoms with Gasteiger partial charge in [0.2, 0.25) is 0 Å². The lowest BCUT2D eigenvalue weighted by Gasteiger charge is -2.00. The SMILES string of the molecule is CC(O)N=C1N=NC(=NC(C)O)N=N1. The zero-order chi connectivity index (χ0) is 10.6. The summed E-state index contributed by atoms with van der Waals surface area (Å²) in [5.74, 6) is -0.0471. The van der Waals surface area contributed by atoms with Crippen LogP contribution in [0.2, 0.25) is 0 Å². The molecule has 14 heavy (non-hydrogen) atoms. The molecule has 76 valence electrons. The lowest BCUT2D eigenvalue weighted by atomic mass is 10.7. The van der Waals surface area contributed by atoms with Crippen LogP contribution < -0.4 is 0 Å². The number of aliphatic imine (C=N–C) groups is 2. The Bertz CT molecular complexity index is 268. The van der Waals surface area contributed by atoms with Crippen molar-refractivity contribution in [1.82, 2.24) is 0 Å². The second kappa shape index (κ2) is 4.63. The largest absolute Gasteiger partial charge is 0.372 e. The number of guanidine groups is 2. The molecule has 0 amide bonds. The minimum absolute atomic E-state index is 0.0236. The average Bonchev–Trinajstić information content (AvgIpc) is 2.06. The van der Waals surface area contributed by atoms with E-state index in [-0.39, 0.29) is 11.9 Å². The summed E-state index contributed by atoms with van der Waals surface area (Å²) in [7, 11) is 0. The van der Waals surface area contributed by atoms with Crippen LogP contribution in [-0.2, 0) is 0 Å². The van der Waals surface area contributed by atoms with E-state index in [9.17, 15) is 0 Å². The third kappa shape index (κ3) is 3.46. The van der Waals surface area contributed by atoms with Crippen molar-refractivity contribution < 1.29 is 10.2 Å². The molecular weight excluding hydrogens is 188 g/mol. The zero-order valence-corrected chi connectivity index (χ0v) is 7.73. The molecule has 0 saturated carbocycles. The van der Waals surface area contributed by atoms with Crippen molar-refractivity contribution in [2.75, 3.05) is 0 Å². The van der Waals surface area contributed by atoms with Gasteiger partial charge in [0.15, 0.2) is 0 Å². The first kappa shape index (κ1) is 10.5. The predicted octanol–water partition coefficient (Wildman–Crippen LogP) is 0.293. The first-order valence-corrected chi connectivity index (χ1v) is 3.93. The lowest BCUT2D eigenvalue weighted by Crippen LogP contribution is -2.06. The maximum absolute atomic E-state index is 8.85. The Kier molecular flexibility index (Phi) is 3.48. The molecule has 1 rings (SSSR count). The van der Waals surface area contributed by atoms with Crippen molar-refractivity contribution in [3.8, 4) is 0 Å². The van der Waals surface area contributed by atoms with Crippen LogP contribution in [0.5, 0.6) is 0 Å². The summed E-state index contributed by atoms with van der Waals surface area (Å²) in [6.45, 7) is 2.91. The van der Waals surface area contributed by atoms with E-state index >= 15 is 0 Å². The van der Waals surface area contributed by atoms with E-state index in [1.165, 1.54) is 13.8 Å². The van der Waals surface area contributed by atoms with E-state index in [1.807, 2.05) is 0 Å². The molecule has 8 nitrogen and oxygen atoms in total. The number of hydrogen-bond donors (Lipinski definition) is 2. The lowest BCUT2D eigenvalue weighted by molar-refractivity contribution is 0.204. The molecule has 1 aliphatic rings. The van der Waals surface area contributed by atoms with Crippen LogP contribution in [-0.4, -0.2) is 34.6 Å². The Morgan fingerprint density at radius 3 is 1.36 bits per heavy atom. The fraction of sp³-hybridized carbons (Fsp3) is 0.667. The van der Waals surface area contributed by atoms with Gasteiger partial charge in [0, 0.05) is 0 Å². The normalized spacial score (nSPS) is 19.4. The minimum Gasteiger partial charge on any atom is -0.372 e. The highest BCUT2D eigenvalue weighted by atomic mass is 16.3. The van der Waals surface area contributed by atoms with Gasteiger partial charge in [-0.05, 0) is 13.8 Å². The van der Waals surface area contributed by atoms with Crippen molar-refractivity contribution in [2.24, 2.45) is 30.4 Å². The van der Waals surface area contributed by atoms with Crippen LogP contribution in [0.1, 0.15) is 13.8 Å². The highest BCUT2D eigenvalue weighted by molar-refractivity contribution is 5.90. The van der Waals surface area contributed by atoms with E-state index in [0.29, 0.717) is 0 Å². The van der Waals surface area contributed by atoms with Crippen LogP contribution in [0.25, 0.3) is 0 Å². The molecule has 0 aliphatic carbocycles. The van der Waals surface area contributed by atoms with Crippen LogP contribution in [0, 0.1) is 0 Å². The second-order valence-electron chi connectivity index (χ2n) is 2.52. The van der Waals surface area contributed by atoms with E-state index in [4.69, 9.17) is 10.2 Å². The molecule has 0 aromatic carbocycles. The summed E-state index contributed by atoms with van der Waals surface area (Å²) in [6.07, 6.45) is -1.81. The van der Waals surface area contributed by atoms with Crippen molar-refractivity contribution in [2.45, 2.75) is 26.3 Å². The molecule has 0 saturated heterocycles. The van der Waals surface area contributed by atoms with Gasteiger partial charge in [-0.15, -0.1) is 20.5 Å². The molecule has 8 heteroatoms. The Balaban J connectivity index is 2.71. The fourth-order valence-corrected chi connectivity index (χ4v) is 0.656. The number of azo groups is 2. The van der Waals surface area contributed by atoms with Crippen LogP contribution in [0.3, 0.4) is 0 Å². The summed E-state index contributed by atoms with van der Waals surface area (Å²) in [5.41, 5.74) is 0. The van der Waals surface area contributed by atoms with Crippen LogP contribution in [0.15, 0.2) is 30.4 Å². The van der Waals surface area contributed by atoms with Gasteiger partial charge in [0.05, 0.1) is 0 Å². The zero-order valence-electron chi connectivity index (χ0n) is 7.73. The molecule has 1 heterocycles. The standard InChI is InChI=1S/C6H10N6O2/c1-3(13)7-5-9-11-6(12-10-5)8-4(2)14/h3-4,13-14H,1-2H3. The number of aliphatic hydroxyl groups excluding tert-OH is 2. The molecule has 0 radical (unpaired) electrons. The Morgan fingerprint density at radius 1 is 0.857 bits per heavy atom. The Hall–Kier alpha value is -1.54. The van der Waals surface area contributed by atoms with Gasteiger partial charge < -0.3 is 10.2 Å². The maximum atomic E-state index is 8.85. The highest BCUT2D eigenvalue weighted by Crippen LogP contribution is 2.02. The molecular formula is C6H10N6O2. The van der Waals surface area contributed by atoms with Crippen molar-refractivity contribution in [1.29, 1.82) is 0 Å². The summed E-state index contributed by atoms with van der Waals surface area (Å²) in [4.78, 5) is 7.17. The van der Waals surface area contributed by atoms with Crippen molar-refractivity contribution >= 4 is 11.9 Å². The summed E-state index contributed by atoms with van der Waals surface area (Å²) in [5, 5.41) is 31.8. The number of hydrogen-bond acceptors (Lipinski definition) is 4. The molecule has 0 fully saturated rings. The van der Waals surface area contributed by atoms with Gasteiger partial charge in [0.25, 0.3) is 11.9 Å². The average molecular weight is 198 g/mol. The smallest absolute Gasteiger partial charge is 0.286 e. The Labute approximate surface area is 79.8 Å². The molecule has 0 bridgehead atoms. The molecule has 2 N–H and O–H groups in total. The topological polar surface area (TPSA) is 115 Å². The van der Waals surface area contributed by atoms with Gasteiger partial charge in [-0.1, -0.05) is 0 Å².